The predicted molar refractivity (Wildman–Crippen MR) is 62.8 cm³/mol. The van der Waals surface area contributed by atoms with Crippen LogP contribution in [-0.2, 0) is 4.79 Å². The van der Waals surface area contributed by atoms with Crippen molar-refractivity contribution in [3.63, 3.8) is 0 Å². The molecule has 1 atom stereocenters. The van der Waals surface area contributed by atoms with Gasteiger partial charge in [-0.3, -0.25) is 9.69 Å². The molecule has 1 aliphatic heterocycles. The van der Waals surface area contributed by atoms with Gasteiger partial charge in [0.1, 0.15) is 0 Å². The molecule has 1 aliphatic rings. The Morgan fingerprint density at radius 1 is 1.47 bits per heavy atom. The van der Waals surface area contributed by atoms with E-state index in [2.05, 4.69) is 31.0 Å². The monoisotopic (exact) mass is 212 g/mol. The summed E-state index contributed by atoms with van der Waals surface area (Å²) in [5.41, 5.74) is -0.0273. The summed E-state index contributed by atoms with van der Waals surface area (Å²) in [6.07, 6.45) is 4.13. The number of hydrogen-bond donors (Lipinski definition) is 1. The average Bonchev–Trinajstić information content (AvgIpc) is 2.64. The summed E-state index contributed by atoms with van der Waals surface area (Å²) in [7, 11) is 2.03. The minimum absolute atomic E-state index is 0.0273. The Balaban J connectivity index is 2.54. The van der Waals surface area contributed by atoms with Gasteiger partial charge >= 0.3 is 0 Å². The summed E-state index contributed by atoms with van der Waals surface area (Å²) in [5, 5.41) is 3.18. The first-order valence-corrected chi connectivity index (χ1v) is 6.04. The van der Waals surface area contributed by atoms with E-state index in [0.29, 0.717) is 0 Å². The summed E-state index contributed by atoms with van der Waals surface area (Å²) < 4.78 is 0. The fourth-order valence-corrected chi connectivity index (χ4v) is 2.05. The number of carbonyl (C=O) groups is 1. The topological polar surface area (TPSA) is 32.3 Å². The smallest absolute Gasteiger partial charge is 0.237 e. The van der Waals surface area contributed by atoms with Gasteiger partial charge in [0.05, 0.1) is 6.04 Å². The van der Waals surface area contributed by atoms with Gasteiger partial charge in [0.25, 0.3) is 0 Å². The minimum atomic E-state index is -0.0273. The van der Waals surface area contributed by atoms with Gasteiger partial charge in [-0.05, 0) is 46.2 Å². The number of nitrogens with one attached hydrogen (secondary N) is 1. The fraction of sp³-hybridized carbons (Fsp3) is 0.917. The van der Waals surface area contributed by atoms with E-state index in [4.69, 9.17) is 0 Å². The molecular weight excluding hydrogens is 188 g/mol. The van der Waals surface area contributed by atoms with Crippen molar-refractivity contribution in [2.24, 2.45) is 0 Å². The molecule has 1 rings (SSSR count). The van der Waals surface area contributed by atoms with E-state index in [1.54, 1.807) is 0 Å². The summed E-state index contributed by atoms with van der Waals surface area (Å²) in [6.45, 7) is 7.43. The Morgan fingerprint density at radius 2 is 2.07 bits per heavy atom. The van der Waals surface area contributed by atoms with Crippen molar-refractivity contribution in [3.05, 3.63) is 0 Å². The number of hydrogen-bond acceptors (Lipinski definition) is 2. The van der Waals surface area contributed by atoms with Crippen LogP contribution in [0.15, 0.2) is 0 Å². The lowest BCUT2D eigenvalue weighted by Gasteiger charge is -2.31. The average molecular weight is 212 g/mol. The van der Waals surface area contributed by atoms with E-state index in [1.807, 2.05) is 7.05 Å². The van der Waals surface area contributed by atoms with E-state index < -0.39 is 0 Å². The molecule has 0 spiro atoms. The fourth-order valence-electron chi connectivity index (χ4n) is 2.05. The Hall–Kier alpha value is -0.570. The lowest BCUT2D eigenvalue weighted by Crippen LogP contribution is -2.51. The van der Waals surface area contributed by atoms with Gasteiger partial charge in [0, 0.05) is 5.54 Å². The molecule has 0 aromatic rings. The van der Waals surface area contributed by atoms with Crippen molar-refractivity contribution in [1.82, 2.24) is 10.2 Å². The third-order valence-corrected chi connectivity index (χ3v) is 3.81. The molecule has 0 bridgehead atoms. The molecule has 15 heavy (non-hydrogen) atoms. The van der Waals surface area contributed by atoms with Gasteiger partial charge in [-0.2, -0.15) is 0 Å². The van der Waals surface area contributed by atoms with Crippen molar-refractivity contribution < 1.29 is 4.79 Å². The standard InChI is InChI=1S/C12H24N2O/c1-5-12(3,6-2)13-11(15)10-8-7-9-14(10)4/h10H,5-9H2,1-4H3,(H,13,15)/t10-/m0/s1. The van der Waals surface area contributed by atoms with Crippen molar-refractivity contribution in [1.29, 1.82) is 0 Å². The molecule has 3 nitrogen and oxygen atoms in total. The Kier molecular flexibility index (Phi) is 4.14. The van der Waals surface area contributed by atoms with Crippen molar-refractivity contribution in [2.75, 3.05) is 13.6 Å². The molecule has 0 aromatic heterocycles. The van der Waals surface area contributed by atoms with Crippen LogP contribution in [0.4, 0.5) is 0 Å². The molecule has 0 saturated carbocycles. The van der Waals surface area contributed by atoms with Crippen LogP contribution in [0.25, 0.3) is 0 Å². The molecule has 1 heterocycles. The third kappa shape index (κ3) is 2.94. The number of nitrogens with zero attached hydrogens (tertiary/aromatic N) is 1. The second-order valence-corrected chi connectivity index (χ2v) is 4.90. The maximum Gasteiger partial charge on any atom is 0.237 e. The van der Waals surface area contributed by atoms with Crippen LogP contribution >= 0.6 is 0 Å². The lowest BCUT2D eigenvalue weighted by molar-refractivity contribution is -0.127. The zero-order valence-corrected chi connectivity index (χ0v) is 10.5. The first-order chi connectivity index (χ1) is 7.02. The van der Waals surface area contributed by atoms with Crippen LogP contribution in [0.2, 0.25) is 0 Å². The first-order valence-electron chi connectivity index (χ1n) is 6.04. The van der Waals surface area contributed by atoms with E-state index >= 15 is 0 Å². The van der Waals surface area contributed by atoms with Crippen molar-refractivity contribution in [3.8, 4) is 0 Å². The second kappa shape index (κ2) is 4.97. The predicted octanol–water partition coefficient (Wildman–Crippen LogP) is 1.78. The summed E-state index contributed by atoms with van der Waals surface area (Å²) in [6, 6.07) is 0.0995. The van der Waals surface area contributed by atoms with Crippen LogP contribution < -0.4 is 5.32 Å². The molecule has 88 valence electrons. The molecule has 1 fully saturated rings. The van der Waals surface area contributed by atoms with E-state index in [9.17, 15) is 4.79 Å². The van der Waals surface area contributed by atoms with E-state index in [-0.39, 0.29) is 17.5 Å². The van der Waals surface area contributed by atoms with Crippen LogP contribution in [0.1, 0.15) is 46.5 Å². The highest BCUT2D eigenvalue weighted by molar-refractivity contribution is 5.82. The molecule has 0 aromatic carbocycles. The zero-order chi connectivity index (χ0) is 11.5. The number of amides is 1. The van der Waals surface area contributed by atoms with Crippen LogP contribution in [0, 0.1) is 0 Å². The Bertz CT molecular complexity index is 224. The quantitative estimate of drug-likeness (QED) is 0.770. The summed E-state index contributed by atoms with van der Waals surface area (Å²) in [5.74, 6) is 0.209. The zero-order valence-electron chi connectivity index (χ0n) is 10.5. The molecule has 0 unspecified atom stereocenters. The SMILES string of the molecule is CCC(C)(CC)NC(=O)[C@@H]1CCCN1C. The maximum atomic E-state index is 12.0. The van der Waals surface area contributed by atoms with E-state index in [0.717, 1.165) is 32.2 Å². The molecule has 1 saturated heterocycles. The van der Waals surface area contributed by atoms with Crippen LogP contribution in [-0.4, -0.2) is 36.0 Å². The highest BCUT2D eigenvalue weighted by atomic mass is 16.2. The van der Waals surface area contributed by atoms with E-state index in [1.165, 1.54) is 0 Å². The first kappa shape index (κ1) is 12.5. The van der Waals surface area contributed by atoms with Gasteiger partial charge < -0.3 is 5.32 Å². The number of likely N-dealkylation sites (N-methyl/N-ethyl adjacent to an activating group) is 1. The Labute approximate surface area is 93.2 Å². The minimum Gasteiger partial charge on any atom is -0.350 e. The number of carbonyl (C=O) groups excluding carboxylic acids is 1. The highest BCUT2D eigenvalue weighted by Gasteiger charge is 2.31. The summed E-state index contributed by atoms with van der Waals surface area (Å²) in [4.78, 5) is 14.2. The lowest BCUT2D eigenvalue weighted by atomic mass is 9.95. The summed E-state index contributed by atoms with van der Waals surface area (Å²) >= 11 is 0. The molecule has 1 N–H and O–H groups in total. The van der Waals surface area contributed by atoms with Gasteiger partial charge in [-0.25, -0.2) is 0 Å². The largest absolute Gasteiger partial charge is 0.350 e. The number of rotatable bonds is 4. The molecule has 0 aliphatic carbocycles. The van der Waals surface area contributed by atoms with Crippen molar-refractivity contribution in [2.45, 2.75) is 58.0 Å². The van der Waals surface area contributed by atoms with Gasteiger partial charge in [-0.15, -0.1) is 0 Å². The molecule has 0 radical (unpaired) electrons. The molecule has 1 amide bonds. The van der Waals surface area contributed by atoms with Gasteiger partial charge in [-0.1, -0.05) is 13.8 Å². The van der Waals surface area contributed by atoms with Crippen LogP contribution in [0.5, 0.6) is 0 Å². The molecule has 3 heteroatoms. The van der Waals surface area contributed by atoms with Crippen molar-refractivity contribution >= 4 is 5.91 Å². The highest BCUT2D eigenvalue weighted by Crippen LogP contribution is 2.18. The third-order valence-electron chi connectivity index (χ3n) is 3.81. The molecular formula is C12H24N2O. The second-order valence-electron chi connectivity index (χ2n) is 4.90. The Morgan fingerprint density at radius 3 is 2.47 bits per heavy atom. The number of likely N-dealkylation sites (tertiary alicyclic amines) is 1. The van der Waals surface area contributed by atoms with Crippen LogP contribution in [0.3, 0.4) is 0 Å². The van der Waals surface area contributed by atoms with Gasteiger partial charge in [0.15, 0.2) is 0 Å². The normalized spacial score (nSPS) is 23.1. The maximum absolute atomic E-state index is 12.0. The van der Waals surface area contributed by atoms with Gasteiger partial charge in [0.2, 0.25) is 5.91 Å².